The van der Waals surface area contributed by atoms with E-state index in [0.29, 0.717) is 6.42 Å². The normalized spacial score (nSPS) is 11.8. The van der Waals surface area contributed by atoms with Gasteiger partial charge >= 0.3 is 10.3 Å². The molecule has 0 spiro atoms. The van der Waals surface area contributed by atoms with Crippen LogP contribution in [0.2, 0.25) is 0 Å². The number of hydrogen-bond acceptors (Lipinski definition) is 4. The summed E-state index contributed by atoms with van der Waals surface area (Å²) in [6.07, 6.45) is 1.50. The Morgan fingerprint density at radius 3 is 2.60 bits per heavy atom. The standard InChI is InChI=1S/C4H11NO4S/c1-2-3-4-9-10(7,8)5-6/h5-6H,2-4H2,1H3. The van der Waals surface area contributed by atoms with Gasteiger partial charge < -0.3 is 5.21 Å². The zero-order valence-corrected chi connectivity index (χ0v) is 6.52. The van der Waals surface area contributed by atoms with Crippen LogP contribution in [0.1, 0.15) is 19.8 Å². The molecule has 0 rings (SSSR count). The molecule has 10 heavy (non-hydrogen) atoms. The fraction of sp³-hybridized carbons (Fsp3) is 1.00. The van der Waals surface area contributed by atoms with Crippen molar-refractivity contribution < 1.29 is 17.8 Å². The fourth-order valence-electron chi connectivity index (χ4n) is 0.339. The molecule has 0 aliphatic carbocycles. The number of hydrogen-bond donors (Lipinski definition) is 2. The maximum Gasteiger partial charge on any atom is 0.358 e. The molecule has 0 heterocycles. The van der Waals surface area contributed by atoms with Crippen LogP contribution < -0.4 is 4.89 Å². The van der Waals surface area contributed by atoms with Gasteiger partial charge in [0.2, 0.25) is 0 Å². The highest BCUT2D eigenvalue weighted by atomic mass is 32.2. The van der Waals surface area contributed by atoms with E-state index >= 15 is 0 Å². The second-order valence-electron chi connectivity index (χ2n) is 1.72. The predicted octanol–water partition coefficient (Wildman–Crippen LogP) is 0.0267. The van der Waals surface area contributed by atoms with Crippen molar-refractivity contribution in [3.05, 3.63) is 0 Å². The van der Waals surface area contributed by atoms with Crippen molar-refractivity contribution in [2.24, 2.45) is 0 Å². The smallest absolute Gasteiger partial charge is 0.300 e. The van der Waals surface area contributed by atoms with E-state index < -0.39 is 10.3 Å². The molecular formula is C4H11NO4S. The molecule has 0 aliphatic heterocycles. The van der Waals surface area contributed by atoms with Crippen molar-refractivity contribution in [3.8, 4) is 0 Å². The third-order valence-electron chi connectivity index (χ3n) is 0.848. The number of unbranched alkanes of at least 4 members (excludes halogenated alkanes) is 1. The quantitative estimate of drug-likeness (QED) is 0.449. The first-order valence-electron chi connectivity index (χ1n) is 2.92. The van der Waals surface area contributed by atoms with Crippen molar-refractivity contribution in [2.75, 3.05) is 6.61 Å². The Bertz CT molecular complexity index is 164. The molecule has 0 aromatic rings. The van der Waals surface area contributed by atoms with Crippen LogP contribution in [0.5, 0.6) is 0 Å². The van der Waals surface area contributed by atoms with Gasteiger partial charge in [0.15, 0.2) is 0 Å². The van der Waals surface area contributed by atoms with E-state index in [9.17, 15) is 8.42 Å². The minimum Gasteiger partial charge on any atom is -0.300 e. The Labute approximate surface area is 60.2 Å². The topological polar surface area (TPSA) is 75.6 Å². The molecule has 0 radical (unpaired) electrons. The van der Waals surface area contributed by atoms with Gasteiger partial charge in [-0.3, -0.25) is 4.18 Å². The second-order valence-corrected chi connectivity index (χ2v) is 3.05. The second kappa shape index (κ2) is 4.62. The highest BCUT2D eigenvalue weighted by Gasteiger charge is 2.05. The molecule has 0 aromatic carbocycles. The summed E-state index contributed by atoms with van der Waals surface area (Å²) in [7, 11) is -3.89. The van der Waals surface area contributed by atoms with Crippen molar-refractivity contribution in [2.45, 2.75) is 19.8 Å². The molecule has 6 heteroatoms. The largest absolute Gasteiger partial charge is 0.358 e. The summed E-state index contributed by atoms with van der Waals surface area (Å²) in [4.78, 5) is 1.05. The van der Waals surface area contributed by atoms with Crippen molar-refractivity contribution >= 4 is 10.3 Å². The first-order chi connectivity index (χ1) is 4.62. The summed E-state index contributed by atoms with van der Waals surface area (Å²) in [6.45, 7) is 2.01. The van der Waals surface area contributed by atoms with E-state index in [1.165, 1.54) is 0 Å². The lowest BCUT2D eigenvalue weighted by molar-refractivity contribution is 0.203. The monoisotopic (exact) mass is 169 g/mol. The van der Waals surface area contributed by atoms with E-state index in [1.807, 2.05) is 6.92 Å². The van der Waals surface area contributed by atoms with Crippen LogP contribution in [0, 0.1) is 0 Å². The SMILES string of the molecule is CCCCOS(=O)(=O)NO. The zero-order valence-electron chi connectivity index (χ0n) is 5.70. The van der Waals surface area contributed by atoms with Crippen LogP contribution in [0.3, 0.4) is 0 Å². The van der Waals surface area contributed by atoms with Gasteiger partial charge in [0.25, 0.3) is 0 Å². The van der Waals surface area contributed by atoms with Crippen molar-refractivity contribution in [3.63, 3.8) is 0 Å². The van der Waals surface area contributed by atoms with Gasteiger partial charge in [0, 0.05) is 0 Å². The highest BCUT2D eigenvalue weighted by Crippen LogP contribution is 1.91. The molecule has 0 aromatic heterocycles. The van der Waals surface area contributed by atoms with Gasteiger partial charge in [-0.05, 0) is 6.42 Å². The molecule has 0 atom stereocenters. The van der Waals surface area contributed by atoms with Crippen LogP contribution in [0.15, 0.2) is 0 Å². The summed E-state index contributed by atoms with van der Waals surface area (Å²) in [6, 6.07) is 0. The summed E-state index contributed by atoms with van der Waals surface area (Å²) in [5, 5.41) is 7.93. The van der Waals surface area contributed by atoms with Crippen LogP contribution in [0.25, 0.3) is 0 Å². The molecule has 0 unspecified atom stereocenters. The summed E-state index contributed by atoms with van der Waals surface area (Å²) in [5.74, 6) is 0. The van der Waals surface area contributed by atoms with E-state index in [4.69, 9.17) is 5.21 Å². The van der Waals surface area contributed by atoms with Gasteiger partial charge in [-0.25, -0.2) is 0 Å². The van der Waals surface area contributed by atoms with Gasteiger partial charge in [0.1, 0.15) is 0 Å². The van der Waals surface area contributed by atoms with E-state index in [1.54, 1.807) is 0 Å². The number of nitrogens with one attached hydrogen (secondary N) is 1. The Kier molecular flexibility index (Phi) is 4.54. The summed E-state index contributed by atoms with van der Waals surface area (Å²) < 4.78 is 24.8. The van der Waals surface area contributed by atoms with Crippen LogP contribution in [-0.2, 0) is 14.5 Å². The maximum atomic E-state index is 10.3. The minimum absolute atomic E-state index is 0.104. The average Bonchev–Trinajstić information content (AvgIpc) is 1.89. The molecule has 5 nitrogen and oxygen atoms in total. The van der Waals surface area contributed by atoms with Gasteiger partial charge in [-0.1, -0.05) is 18.2 Å². The molecule has 0 aliphatic rings. The Morgan fingerprint density at radius 2 is 2.20 bits per heavy atom. The Balaban J connectivity index is 3.49. The predicted molar refractivity (Wildman–Crippen MR) is 34.7 cm³/mol. The van der Waals surface area contributed by atoms with E-state index in [-0.39, 0.29) is 6.61 Å². The third-order valence-corrected chi connectivity index (χ3v) is 1.55. The molecular weight excluding hydrogens is 158 g/mol. The van der Waals surface area contributed by atoms with Gasteiger partial charge in [-0.2, -0.15) is 8.42 Å². The van der Waals surface area contributed by atoms with E-state index in [2.05, 4.69) is 4.18 Å². The third kappa shape index (κ3) is 4.68. The molecule has 0 fully saturated rings. The molecule has 0 bridgehead atoms. The van der Waals surface area contributed by atoms with Crippen molar-refractivity contribution in [1.82, 2.24) is 4.89 Å². The average molecular weight is 169 g/mol. The van der Waals surface area contributed by atoms with Crippen LogP contribution in [0.4, 0.5) is 0 Å². The highest BCUT2D eigenvalue weighted by molar-refractivity contribution is 7.84. The Morgan fingerprint density at radius 1 is 1.60 bits per heavy atom. The minimum atomic E-state index is -3.89. The van der Waals surface area contributed by atoms with Gasteiger partial charge in [0.05, 0.1) is 6.61 Å². The van der Waals surface area contributed by atoms with Crippen LogP contribution >= 0.6 is 0 Å². The number of rotatable bonds is 5. The fourth-order valence-corrected chi connectivity index (χ4v) is 0.729. The lowest BCUT2D eigenvalue weighted by Gasteiger charge is -1.99. The molecule has 0 saturated carbocycles. The molecule has 0 amide bonds. The molecule has 62 valence electrons. The van der Waals surface area contributed by atoms with Crippen molar-refractivity contribution in [1.29, 1.82) is 0 Å². The Hall–Kier alpha value is -0.170. The van der Waals surface area contributed by atoms with Gasteiger partial charge in [-0.15, -0.1) is 0 Å². The maximum absolute atomic E-state index is 10.3. The van der Waals surface area contributed by atoms with Crippen LogP contribution in [-0.4, -0.2) is 20.2 Å². The lowest BCUT2D eigenvalue weighted by atomic mass is 10.4. The van der Waals surface area contributed by atoms with E-state index in [0.717, 1.165) is 11.3 Å². The molecule has 0 saturated heterocycles. The molecule has 2 N–H and O–H groups in total. The summed E-state index contributed by atoms with van der Waals surface area (Å²) in [5.41, 5.74) is 0. The first-order valence-corrected chi connectivity index (χ1v) is 4.33. The lowest BCUT2D eigenvalue weighted by Crippen LogP contribution is -2.22. The zero-order chi connectivity index (χ0) is 8.04. The summed E-state index contributed by atoms with van der Waals surface area (Å²) >= 11 is 0. The first kappa shape index (κ1) is 9.83.